The smallest absolute Gasteiger partial charge is 0.357 e. The Morgan fingerprint density at radius 2 is 1.88 bits per heavy atom. The average molecular weight is 491 g/mol. The van der Waals surface area contributed by atoms with Gasteiger partial charge in [-0.25, -0.2) is 0 Å². The van der Waals surface area contributed by atoms with Crippen LogP contribution in [-0.4, -0.2) is 79.8 Å². The highest BCUT2D eigenvalue weighted by Crippen LogP contribution is 2.20. The molecule has 0 amide bonds. The Kier molecular flexibility index (Phi) is 10.5. The lowest BCUT2D eigenvalue weighted by Gasteiger charge is -2.25. The summed E-state index contributed by atoms with van der Waals surface area (Å²) >= 11 is 0. The highest BCUT2D eigenvalue weighted by Gasteiger charge is 2.34. The fourth-order valence-corrected chi connectivity index (χ4v) is 3.67. The van der Waals surface area contributed by atoms with E-state index in [9.17, 15) is 13.2 Å². The van der Waals surface area contributed by atoms with Gasteiger partial charge in [0, 0.05) is 31.7 Å². The predicted molar refractivity (Wildman–Crippen MR) is 110 cm³/mol. The lowest BCUT2D eigenvalue weighted by Crippen LogP contribution is -2.46. The van der Waals surface area contributed by atoms with Gasteiger partial charge in [0.15, 0.2) is 5.96 Å². The van der Waals surface area contributed by atoms with E-state index in [0.717, 1.165) is 38.6 Å². The first-order valence-corrected chi connectivity index (χ1v) is 9.49. The maximum absolute atomic E-state index is 12.5. The number of nitrogens with zero attached hydrogens (tertiary/aromatic N) is 3. The second kappa shape index (κ2) is 11.5. The second-order valence-electron chi connectivity index (χ2n) is 7.01. The summed E-state index contributed by atoms with van der Waals surface area (Å²) in [6.45, 7) is 8.00. The van der Waals surface area contributed by atoms with E-state index in [1.54, 1.807) is 0 Å². The number of alkyl halides is 3. The molecule has 2 aliphatic rings. The van der Waals surface area contributed by atoms with Crippen molar-refractivity contribution in [3.05, 3.63) is 0 Å². The van der Waals surface area contributed by atoms with E-state index in [0.29, 0.717) is 25.6 Å². The molecule has 0 aromatic rings. The number of guanidine groups is 1. The minimum Gasteiger partial charge on any atom is -0.357 e. The SMILES string of the molecule is CCNC(=NCC(CC)N1CCCC1)NC1CCN(CC(F)(F)F)C1.I. The van der Waals surface area contributed by atoms with Crippen LogP contribution in [0.15, 0.2) is 4.99 Å². The highest BCUT2D eigenvalue weighted by molar-refractivity contribution is 14.0. The fourth-order valence-electron chi connectivity index (χ4n) is 3.67. The first kappa shape index (κ1) is 23.7. The van der Waals surface area contributed by atoms with Crippen molar-refractivity contribution in [1.82, 2.24) is 20.4 Å². The van der Waals surface area contributed by atoms with E-state index in [2.05, 4.69) is 22.5 Å². The van der Waals surface area contributed by atoms with Crippen LogP contribution in [0.3, 0.4) is 0 Å². The van der Waals surface area contributed by atoms with Crippen molar-refractivity contribution in [1.29, 1.82) is 0 Å². The third-order valence-electron chi connectivity index (χ3n) is 4.95. The zero-order chi connectivity index (χ0) is 18.3. The molecule has 0 bridgehead atoms. The van der Waals surface area contributed by atoms with Crippen LogP contribution in [0.5, 0.6) is 0 Å². The Balaban J connectivity index is 0.00000338. The molecular weight excluding hydrogens is 458 g/mol. The van der Waals surface area contributed by atoms with Gasteiger partial charge >= 0.3 is 6.18 Å². The summed E-state index contributed by atoms with van der Waals surface area (Å²) < 4.78 is 37.5. The number of rotatable bonds is 7. The molecule has 2 saturated heterocycles. The lowest BCUT2D eigenvalue weighted by atomic mass is 10.2. The maximum Gasteiger partial charge on any atom is 0.401 e. The molecule has 5 nitrogen and oxygen atoms in total. The molecule has 0 saturated carbocycles. The molecule has 154 valence electrons. The third-order valence-corrected chi connectivity index (χ3v) is 4.95. The van der Waals surface area contributed by atoms with Crippen LogP contribution in [-0.2, 0) is 0 Å². The van der Waals surface area contributed by atoms with Crippen LogP contribution in [0.4, 0.5) is 13.2 Å². The van der Waals surface area contributed by atoms with Gasteiger partial charge in [0.25, 0.3) is 0 Å². The predicted octanol–water partition coefficient (Wildman–Crippen LogP) is 2.67. The summed E-state index contributed by atoms with van der Waals surface area (Å²) in [5.74, 6) is 0.721. The monoisotopic (exact) mass is 491 g/mol. The van der Waals surface area contributed by atoms with Crippen LogP contribution in [0.25, 0.3) is 0 Å². The molecule has 2 rings (SSSR count). The summed E-state index contributed by atoms with van der Waals surface area (Å²) in [5.41, 5.74) is 0. The minimum absolute atomic E-state index is 0. The van der Waals surface area contributed by atoms with Gasteiger partial charge in [0.1, 0.15) is 0 Å². The van der Waals surface area contributed by atoms with Crippen molar-refractivity contribution in [2.75, 3.05) is 45.8 Å². The molecule has 9 heteroatoms. The van der Waals surface area contributed by atoms with E-state index in [1.165, 1.54) is 17.7 Å². The number of halogens is 4. The van der Waals surface area contributed by atoms with Gasteiger partial charge in [0.2, 0.25) is 0 Å². The molecule has 0 spiro atoms. The van der Waals surface area contributed by atoms with Crippen LogP contribution in [0.2, 0.25) is 0 Å². The molecule has 2 aliphatic heterocycles. The number of nitrogens with one attached hydrogen (secondary N) is 2. The molecule has 2 unspecified atom stereocenters. The Bertz CT molecular complexity index is 427. The van der Waals surface area contributed by atoms with Crippen molar-refractivity contribution in [2.24, 2.45) is 4.99 Å². The first-order chi connectivity index (χ1) is 11.9. The molecule has 26 heavy (non-hydrogen) atoms. The van der Waals surface area contributed by atoms with E-state index in [-0.39, 0.29) is 30.0 Å². The van der Waals surface area contributed by atoms with Crippen molar-refractivity contribution in [3.8, 4) is 0 Å². The number of hydrogen-bond acceptors (Lipinski definition) is 3. The van der Waals surface area contributed by atoms with Crippen molar-refractivity contribution < 1.29 is 13.2 Å². The van der Waals surface area contributed by atoms with Gasteiger partial charge in [-0.05, 0) is 45.7 Å². The van der Waals surface area contributed by atoms with Gasteiger partial charge in [-0.3, -0.25) is 14.8 Å². The van der Waals surface area contributed by atoms with E-state index < -0.39 is 12.7 Å². The van der Waals surface area contributed by atoms with E-state index in [1.807, 2.05) is 6.92 Å². The summed E-state index contributed by atoms with van der Waals surface area (Å²) in [6.07, 6.45) is 0.165. The zero-order valence-electron chi connectivity index (χ0n) is 15.8. The number of likely N-dealkylation sites (tertiary alicyclic amines) is 2. The lowest BCUT2D eigenvalue weighted by molar-refractivity contribution is -0.143. The van der Waals surface area contributed by atoms with E-state index >= 15 is 0 Å². The Morgan fingerprint density at radius 3 is 2.46 bits per heavy atom. The van der Waals surface area contributed by atoms with E-state index in [4.69, 9.17) is 4.99 Å². The van der Waals surface area contributed by atoms with Gasteiger partial charge in [0.05, 0.1) is 13.1 Å². The summed E-state index contributed by atoms with van der Waals surface area (Å²) in [7, 11) is 0. The van der Waals surface area contributed by atoms with Crippen LogP contribution in [0.1, 0.15) is 39.5 Å². The quantitative estimate of drug-likeness (QED) is 0.327. The van der Waals surface area contributed by atoms with Gasteiger partial charge in [-0.2, -0.15) is 13.2 Å². The van der Waals surface area contributed by atoms with Crippen LogP contribution < -0.4 is 10.6 Å². The molecule has 0 aliphatic carbocycles. The topological polar surface area (TPSA) is 42.9 Å². The second-order valence-corrected chi connectivity index (χ2v) is 7.01. The molecule has 2 atom stereocenters. The van der Waals surface area contributed by atoms with Gasteiger partial charge in [-0.15, -0.1) is 24.0 Å². The average Bonchev–Trinajstić information content (AvgIpc) is 3.19. The Hall–Kier alpha value is -0.290. The summed E-state index contributed by atoms with van der Waals surface area (Å²) in [6, 6.07) is 0.468. The Morgan fingerprint density at radius 1 is 1.19 bits per heavy atom. The van der Waals surface area contributed by atoms with Crippen molar-refractivity contribution in [3.63, 3.8) is 0 Å². The molecule has 0 aromatic carbocycles. The third kappa shape index (κ3) is 8.16. The summed E-state index contributed by atoms with van der Waals surface area (Å²) in [5, 5.41) is 6.54. The van der Waals surface area contributed by atoms with Crippen LogP contribution >= 0.6 is 24.0 Å². The number of hydrogen-bond donors (Lipinski definition) is 2. The molecule has 2 N–H and O–H groups in total. The van der Waals surface area contributed by atoms with Gasteiger partial charge in [-0.1, -0.05) is 6.92 Å². The van der Waals surface area contributed by atoms with Crippen LogP contribution in [0, 0.1) is 0 Å². The maximum atomic E-state index is 12.5. The number of aliphatic imine (C=N–C) groups is 1. The molecule has 0 aromatic heterocycles. The summed E-state index contributed by atoms with van der Waals surface area (Å²) in [4.78, 5) is 8.66. The highest BCUT2D eigenvalue weighted by atomic mass is 127. The fraction of sp³-hybridized carbons (Fsp3) is 0.941. The molecular formula is C17H33F3IN5. The van der Waals surface area contributed by atoms with Crippen molar-refractivity contribution in [2.45, 2.75) is 57.8 Å². The molecule has 2 heterocycles. The minimum atomic E-state index is -4.13. The molecule has 2 fully saturated rings. The Labute approximate surface area is 172 Å². The van der Waals surface area contributed by atoms with Gasteiger partial charge < -0.3 is 10.6 Å². The van der Waals surface area contributed by atoms with Crippen molar-refractivity contribution >= 4 is 29.9 Å². The molecule has 0 radical (unpaired) electrons. The standard InChI is InChI=1S/C17H32F3N5.HI/c1-3-15(25-8-5-6-9-25)11-22-16(21-4-2)23-14-7-10-24(12-14)13-17(18,19)20;/h14-15H,3-13H2,1-2H3,(H2,21,22,23);1H. The normalized spacial score (nSPS) is 23.7. The zero-order valence-corrected chi connectivity index (χ0v) is 18.1. The first-order valence-electron chi connectivity index (χ1n) is 9.49. The largest absolute Gasteiger partial charge is 0.401 e.